The summed E-state index contributed by atoms with van der Waals surface area (Å²) in [6.45, 7) is 9.50. The highest BCUT2D eigenvalue weighted by Crippen LogP contribution is 2.48. The van der Waals surface area contributed by atoms with Crippen LogP contribution in [0, 0.1) is 0 Å². The second-order valence-corrected chi connectivity index (χ2v) is 9.21. The van der Waals surface area contributed by atoms with Gasteiger partial charge < -0.3 is 14.4 Å². The lowest BCUT2D eigenvalue weighted by Gasteiger charge is -2.34. The monoisotopic (exact) mass is 428 g/mol. The molecule has 2 amide bonds. The summed E-state index contributed by atoms with van der Waals surface area (Å²) in [6.07, 6.45) is 0.991. The Morgan fingerprint density at radius 1 is 1.34 bits per heavy atom. The number of alkyl halides is 1. The highest BCUT2D eigenvalue weighted by molar-refractivity contribution is 7.16. The fraction of sp³-hybridized carbons (Fsp3) is 0.737. The van der Waals surface area contributed by atoms with E-state index < -0.39 is 23.2 Å². The Kier molecular flexibility index (Phi) is 6.33. The molecule has 2 fully saturated rings. The number of hydrazine groups is 1. The number of halogens is 1. The van der Waals surface area contributed by atoms with Crippen molar-refractivity contribution >= 4 is 28.3 Å². The molecule has 1 aromatic rings. The molecule has 8 nitrogen and oxygen atoms in total. The molecule has 0 atom stereocenters. The molecule has 10 heteroatoms. The minimum absolute atomic E-state index is 0.134. The maximum atomic E-state index is 15.0. The average Bonchev–Trinajstić information content (AvgIpc) is 3.09. The molecule has 1 saturated heterocycles. The summed E-state index contributed by atoms with van der Waals surface area (Å²) in [7, 11) is 0. The number of hydrogen-bond donors (Lipinski definition) is 1. The third kappa shape index (κ3) is 4.63. The van der Waals surface area contributed by atoms with Crippen molar-refractivity contribution in [3.63, 3.8) is 0 Å². The van der Waals surface area contributed by atoms with Crippen molar-refractivity contribution in [1.29, 1.82) is 0 Å². The van der Waals surface area contributed by atoms with Crippen molar-refractivity contribution in [2.45, 2.75) is 58.2 Å². The van der Waals surface area contributed by atoms with E-state index >= 15 is 4.39 Å². The summed E-state index contributed by atoms with van der Waals surface area (Å²) in [4.78, 5) is 31.9. The molecule has 0 radical (unpaired) electrons. The smallest absolute Gasteiger partial charge is 0.429 e. The molecule has 1 aromatic heterocycles. The Labute approximate surface area is 174 Å². The number of hydrogen-bond acceptors (Lipinski definition) is 7. The first-order valence-corrected chi connectivity index (χ1v) is 10.8. The van der Waals surface area contributed by atoms with Crippen LogP contribution in [0.4, 0.5) is 14.2 Å². The molecule has 0 bridgehead atoms. The number of anilines is 1. The van der Waals surface area contributed by atoms with E-state index in [2.05, 4.69) is 10.4 Å². The van der Waals surface area contributed by atoms with E-state index in [1.807, 2.05) is 4.90 Å². The lowest BCUT2D eigenvalue weighted by Crippen LogP contribution is -2.56. The molecular weight excluding hydrogens is 399 g/mol. The number of carbonyl (C=O) groups is 2. The van der Waals surface area contributed by atoms with Crippen LogP contribution in [0.5, 0.6) is 0 Å². The number of morpholine rings is 1. The topological polar surface area (TPSA) is 84.0 Å². The minimum Gasteiger partial charge on any atom is -0.448 e. The number of amides is 2. The fourth-order valence-corrected chi connectivity index (χ4v) is 4.42. The molecule has 3 rings (SSSR count). The van der Waals surface area contributed by atoms with Gasteiger partial charge in [-0.15, -0.1) is 0 Å². The molecule has 0 aromatic carbocycles. The quantitative estimate of drug-likeness (QED) is 0.742. The summed E-state index contributed by atoms with van der Waals surface area (Å²) in [6, 6.07) is 0. The van der Waals surface area contributed by atoms with Gasteiger partial charge in [-0.05, 0) is 47.0 Å². The second-order valence-electron chi connectivity index (χ2n) is 8.24. The summed E-state index contributed by atoms with van der Waals surface area (Å²) in [5.41, 5.74) is 0.579. The largest absolute Gasteiger partial charge is 0.448 e. The molecule has 1 saturated carbocycles. The van der Waals surface area contributed by atoms with Crippen LogP contribution in [0.25, 0.3) is 0 Å². The van der Waals surface area contributed by atoms with Gasteiger partial charge in [-0.1, -0.05) is 11.3 Å². The first kappa shape index (κ1) is 21.8. The van der Waals surface area contributed by atoms with Crippen LogP contribution in [-0.2, 0) is 15.1 Å². The van der Waals surface area contributed by atoms with E-state index in [0.29, 0.717) is 49.2 Å². The van der Waals surface area contributed by atoms with Gasteiger partial charge in [0.15, 0.2) is 11.4 Å². The van der Waals surface area contributed by atoms with Gasteiger partial charge in [-0.3, -0.25) is 10.2 Å². The van der Waals surface area contributed by atoms with Crippen LogP contribution in [0.3, 0.4) is 0 Å². The van der Waals surface area contributed by atoms with Crippen LogP contribution >= 0.6 is 11.3 Å². The maximum absolute atomic E-state index is 15.0. The molecule has 162 valence electrons. The zero-order chi connectivity index (χ0) is 21.2. The standard InChI is InChI=1S/C19H29FN4O4S/c1-5-28-17(26)24(18(2,3)4)22-14(25)13-15(23-9-11-27-12-10-23)29-16(21-13)19(20)7-6-8-19/h5-12H2,1-4H3,(H,22,25). The lowest BCUT2D eigenvalue weighted by atomic mass is 9.83. The minimum atomic E-state index is -1.46. The van der Waals surface area contributed by atoms with Gasteiger partial charge in [0, 0.05) is 13.1 Å². The SMILES string of the molecule is CCOC(=O)N(NC(=O)c1nc(C2(F)CCC2)sc1N1CCOCC1)C(C)(C)C. The lowest BCUT2D eigenvalue weighted by molar-refractivity contribution is 0.0350. The predicted octanol–water partition coefficient (Wildman–Crippen LogP) is 3.23. The van der Waals surface area contributed by atoms with E-state index in [1.54, 1.807) is 27.7 Å². The first-order chi connectivity index (χ1) is 13.7. The zero-order valence-electron chi connectivity index (χ0n) is 17.4. The van der Waals surface area contributed by atoms with Gasteiger partial charge >= 0.3 is 6.09 Å². The molecule has 0 unspecified atom stereocenters. The number of nitrogens with one attached hydrogen (secondary N) is 1. The number of aromatic nitrogens is 1. The van der Waals surface area contributed by atoms with Crippen molar-refractivity contribution in [2.75, 3.05) is 37.8 Å². The third-order valence-electron chi connectivity index (χ3n) is 4.99. The average molecular weight is 429 g/mol. The normalized spacial score (nSPS) is 18.7. The first-order valence-electron chi connectivity index (χ1n) is 9.96. The van der Waals surface area contributed by atoms with E-state index in [0.717, 1.165) is 11.4 Å². The number of thiazole rings is 1. The summed E-state index contributed by atoms with van der Waals surface area (Å²) < 4.78 is 25.5. The fourth-order valence-electron chi connectivity index (χ4n) is 3.16. The van der Waals surface area contributed by atoms with Crippen LogP contribution in [-0.4, -0.2) is 60.4 Å². The molecule has 1 aliphatic heterocycles. The molecule has 29 heavy (non-hydrogen) atoms. The van der Waals surface area contributed by atoms with Gasteiger partial charge in [0.05, 0.1) is 25.4 Å². The van der Waals surface area contributed by atoms with E-state index in [1.165, 1.54) is 11.3 Å². The van der Waals surface area contributed by atoms with Crippen molar-refractivity contribution in [3.8, 4) is 0 Å². The van der Waals surface area contributed by atoms with Crippen LogP contribution in [0.15, 0.2) is 0 Å². The van der Waals surface area contributed by atoms with Crippen LogP contribution < -0.4 is 10.3 Å². The summed E-state index contributed by atoms with van der Waals surface area (Å²) >= 11 is 1.22. The Morgan fingerprint density at radius 3 is 2.52 bits per heavy atom. The third-order valence-corrected chi connectivity index (χ3v) is 6.28. The molecule has 2 aliphatic rings. The zero-order valence-corrected chi connectivity index (χ0v) is 18.2. The summed E-state index contributed by atoms with van der Waals surface area (Å²) in [5.74, 6) is -0.556. The Bertz CT molecular complexity index is 754. The number of ether oxygens (including phenoxy) is 2. The summed E-state index contributed by atoms with van der Waals surface area (Å²) in [5, 5.41) is 2.09. The van der Waals surface area contributed by atoms with Crippen molar-refractivity contribution < 1.29 is 23.5 Å². The van der Waals surface area contributed by atoms with Crippen LogP contribution in [0.2, 0.25) is 0 Å². The highest BCUT2D eigenvalue weighted by Gasteiger charge is 2.43. The van der Waals surface area contributed by atoms with Gasteiger partial charge in [0.25, 0.3) is 5.91 Å². The Hall–Kier alpha value is -1.94. The Morgan fingerprint density at radius 2 is 2.00 bits per heavy atom. The van der Waals surface area contributed by atoms with Gasteiger partial charge in [0.2, 0.25) is 0 Å². The van der Waals surface area contributed by atoms with Gasteiger partial charge in [0.1, 0.15) is 10.0 Å². The van der Waals surface area contributed by atoms with Crippen molar-refractivity contribution in [3.05, 3.63) is 10.7 Å². The number of rotatable bonds is 4. The van der Waals surface area contributed by atoms with E-state index in [-0.39, 0.29) is 12.3 Å². The molecule has 0 spiro atoms. The second kappa shape index (κ2) is 8.43. The number of carbonyl (C=O) groups excluding carboxylic acids is 2. The van der Waals surface area contributed by atoms with Gasteiger partial charge in [-0.2, -0.15) is 0 Å². The Balaban J connectivity index is 1.90. The van der Waals surface area contributed by atoms with Gasteiger partial charge in [-0.25, -0.2) is 19.2 Å². The van der Waals surface area contributed by atoms with E-state index in [9.17, 15) is 9.59 Å². The van der Waals surface area contributed by atoms with E-state index in [4.69, 9.17) is 9.47 Å². The molecule has 2 heterocycles. The van der Waals surface area contributed by atoms with Crippen molar-refractivity contribution in [2.24, 2.45) is 0 Å². The molecule has 1 aliphatic carbocycles. The van der Waals surface area contributed by atoms with Crippen molar-refractivity contribution in [1.82, 2.24) is 15.4 Å². The molecular formula is C19H29FN4O4S. The maximum Gasteiger partial charge on any atom is 0.429 e. The van der Waals surface area contributed by atoms with Crippen LogP contribution in [0.1, 0.15) is 62.5 Å². The predicted molar refractivity (Wildman–Crippen MR) is 108 cm³/mol. The molecule has 1 N–H and O–H groups in total. The highest BCUT2D eigenvalue weighted by atomic mass is 32.1. The number of nitrogens with zero attached hydrogens (tertiary/aromatic N) is 3.